The summed E-state index contributed by atoms with van der Waals surface area (Å²) >= 11 is 1.79. The first-order chi connectivity index (χ1) is 9.20. The standard InChI is InChI=1S/C16H21NOS/c1-4-17-16(15-6-5-11-19-15)13-7-9-14(10-8-13)18-12(2)3/h5-12,16-17H,4H2,1-3H3. The van der Waals surface area contributed by atoms with Crippen LogP contribution >= 0.6 is 11.3 Å². The maximum atomic E-state index is 5.68. The van der Waals surface area contributed by atoms with Gasteiger partial charge < -0.3 is 10.1 Å². The molecule has 2 nitrogen and oxygen atoms in total. The number of thiophene rings is 1. The van der Waals surface area contributed by atoms with Crippen LogP contribution in [0.5, 0.6) is 5.75 Å². The van der Waals surface area contributed by atoms with Gasteiger partial charge in [0, 0.05) is 4.88 Å². The van der Waals surface area contributed by atoms with Gasteiger partial charge in [0.15, 0.2) is 0 Å². The van der Waals surface area contributed by atoms with E-state index in [0.29, 0.717) is 0 Å². The fourth-order valence-corrected chi connectivity index (χ4v) is 2.88. The Bertz CT molecular complexity index is 476. The molecule has 0 aliphatic carbocycles. The van der Waals surface area contributed by atoms with Crippen LogP contribution in [-0.4, -0.2) is 12.6 Å². The van der Waals surface area contributed by atoms with Crippen LogP contribution in [-0.2, 0) is 0 Å². The molecule has 1 unspecified atom stereocenters. The van der Waals surface area contributed by atoms with Crippen molar-refractivity contribution in [2.24, 2.45) is 0 Å². The number of hydrogen-bond donors (Lipinski definition) is 1. The second-order valence-electron chi connectivity index (χ2n) is 4.74. The monoisotopic (exact) mass is 275 g/mol. The first kappa shape index (κ1) is 14.1. The van der Waals surface area contributed by atoms with Crippen molar-refractivity contribution in [1.82, 2.24) is 5.32 Å². The summed E-state index contributed by atoms with van der Waals surface area (Å²) in [5.41, 5.74) is 1.28. The molecular formula is C16H21NOS. The molecule has 0 spiro atoms. The summed E-state index contributed by atoms with van der Waals surface area (Å²) in [4.78, 5) is 1.35. The van der Waals surface area contributed by atoms with E-state index in [0.717, 1.165) is 12.3 Å². The first-order valence-electron chi connectivity index (χ1n) is 6.74. The van der Waals surface area contributed by atoms with Crippen LogP contribution in [0.1, 0.15) is 37.3 Å². The average molecular weight is 275 g/mol. The summed E-state index contributed by atoms with van der Waals surface area (Å²) in [5.74, 6) is 0.931. The Morgan fingerprint density at radius 2 is 1.89 bits per heavy atom. The molecule has 1 heterocycles. The lowest BCUT2D eigenvalue weighted by molar-refractivity contribution is 0.242. The van der Waals surface area contributed by atoms with Crippen LogP contribution in [0, 0.1) is 0 Å². The lowest BCUT2D eigenvalue weighted by Crippen LogP contribution is -2.21. The zero-order chi connectivity index (χ0) is 13.7. The second kappa shape index (κ2) is 6.73. The van der Waals surface area contributed by atoms with E-state index in [1.165, 1.54) is 10.4 Å². The van der Waals surface area contributed by atoms with E-state index in [9.17, 15) is 0 Å². The number of benzene rings is 1. The largest absolute Gasteiger partial charge is 0.491 e. The summed E-state index contributed by atoms with van der Waals surface area (Å²) in [5, 5.41) is 5.65. The lowest BCUT2D eigenvalue weighted by atomic mass is 10.1. The zero-order valence-corrected chi connectivity index (χ0v) is 12.5. The molecule has 2 rings (SSSR count). The van der Waals surface area contributed by atoms with Crippen LogP contribution in [0.2, 0.25) is 0 Å². The topological polar surface area (TPSA) is 21.3 Å². The van der Waals surface area contributed by atoms with E-state index in [-0.39, 0.29) is 12.1 Å². The number of ether oxygens (including phenoxy) is 1. The normalized spacial score (nSPS) is 12.6. The molecule has 0 saturated heterocycles. The molecule has 0 amide bonds. The third-order valence-corrected chi connectivity index (χ3v) is 3.76. The van der Waals surface area contributed by atoms with E-state index in [1.807, 2.05) is 26.0 Å². The summed E-state index contributed by atoms with van der Waals surface area (Å²) in [6.07, 6.45) is 0.215. The van der Waals surface area contributed by atoms with Gasteiger partial charge >= 0.3 is 0 Å². The highest BCUT2D eigenvalue weighted by Crippen LogP contribution is 2.27. The SMILES string of the molecule is CCNC(c1ccc(OC(C)C)cc1)c1cccs1. The highest BCUT2D eigenvalue weighted by molar-refractivity contribution is 7.10. The molecule has 1 aromatic carbocycles. The van der Waals surface area contributed by atoms with E-state index in [1.54, 1.807) is 11.3 Å². The van der Waals surface area contributed by atoms with Gasteiger partial charge in [-0.05, 0) is 49.5 Å². The Morgan fingerprint density at radius 3 is 2.42 bits per heavy atom. The smallest absolute Gasteiger partial charge is 0.119 e. The molecule has 1 aromatic heterocycles. The summed E-state index contributed by atoms with van der Waals surface area (Å²) in [6.45, 7) is 7.17. The third-order valence-electron chi connectivity index (χ3n) is 2.82. The van der Waals surface area contributed by atoms with Crippen LogP contribution in [0.15, 0.2) is 41.8 Å². The average Bonchev–Trinajstić information content (AvgIpc) is 2.90. The van der Waals surface area contributed by atoms with Gasteiger partial charge in [-0.2, -0.15) is 0 Å². The molecular weight excluding hydrogens is 254 g/mol. The van der Waals surface area contributed by atoms with Crippen LogP contribution in [0.4, 0.5) is 0 Å². The third kappa shape index (κ3) is 3.82. The highest BCUT2D eigenvalue weighted by Gasteiger charge is 2.13. The predicted molar refractivity (Wildman–Crippen MR) is 82.0 cm³/mol. The van der Waals surface area contributed by atoms with Gasteiger partial charge in [-0.1, -0.05) is 25.1 Å². The molecule has 102 valence electrons. The maximum Gasteiger partial charge on any atom is 0.119 e. The minimum atomic E-state index is 0.215. The Morgan fingerprint density at radius 1 is 1.16 bits per heavy atom. The lowest BCUT2D eigenvalue weighted by Gasteiger charge is -2.18. The Hall–Kier alpha value is -1.32. The molecule has 2 aromatic rings. The molecule has 0 radical (unpaired) electrons. The first-order valence-corrected chi connectivity index (χ1v) is 7.62. The van der Waals surface area contributed by atoms with Crippen molar-refractivity contribution >= 4 is 11.3 Å². The molecule has 3 heteroatoms. The van der Waals surface area contributed by atoms with Crippen molar-refractivity contribution in [3.8, 4) is 5.75 Å². The van der Waals surface area contributed by atoms with Gasteiger partial charge in [0.05, 0.1) is 12.1 Å². The van der Waals surface area contributed by atoms with Crippen molar-refractivity contribution in [3.63, 3.8) is 0 Å². The number of hydrogen-bond acceptors (Lipinski definition) is 3. The van der Waals surface area contributed by atoms with E-state index in [4.69, 9.17) is 4.74 Å². The predicted octanol–water partition coefficient (Wildman–Crippen LogP) is 4.23. The van der Waals surface area contributed by atoms with Crippen LogP contribution < -0.4 is 10.1 Å². The molecule has 19 heavy (non-hydrogen) atoms. The fourth-order valence-electron chi connectivity index (χ4n) is 2.05. The number of rotatable bonds is 6. The molecule has 0 aliphatic rings. The Labute approximate surface area is 119 Å². The fraction of sp³-hybridized carbons (Fsp3) is 0.375. The van der Waals surface area contributed by atoms with Crippen molar-refractivity contribution in [2.45, 2.75) is 32.9 Å². The second-order valence-corrected chi connectivity index (χ2v) is 5.72. The van der Waals surface area contributed by atoms with Gasteiger partial charge in [-0.3, -0.25) is 0 Å². The molecule has 0 saturated carbocycles. The van der Waals surface area contributed by atoms with E-state index >= 15 is 0 Å². The van der Waals surface area contributed by atoms with Crippen LogP contribution in [0.3, 0.4) is 0 Å². The highest BCUT2D eigenvalue weighted by atomic mass is 32.1. The van der Waals surface area contributed by atoms with Crippen LogP contribution in [0.25, 0.3) is 0 Å². The summed E-state index contributed by atoms with van der Waals surface area (Å²) in [7, 11) is 0. The van der Waals surface area contributed by atoms with Crippen molar-refractivity contribution in [3.05, 3.63) is 52.2 Å². The van der Waals surface area contributed by atoms with Gasteiger partial charge in [0.1, 0.15) is 5.75 Å². The maximum absolute atomic E-state index is 5.68. The minimum Gasteiger partial charge on any atom is -0.491 e. The van der Waals surface area contributed by atoms with Crippen molar-refractivity contribution in [1.29, 1.82) is 0 Å². The molecule has 0 aliphatic heterocycles. The molecule has 1 N–H and O–H groups in total. The molecule has 0 fully saturated rings. The summed E-state index contributed by atoms with van der Waals surface area (Å²) in [6, 6.07) is 12.9. The van der Waals surface area contributed by atoms with Gasteiger partial charge in [-0.15, -0.1) is 11.3 Å². The summed E-state index contributed by atoms with van der Waals surface area (Å²) < 4.78 is 5.68. The van der Waals surface area contributed by atoms with Crippen molar-refractivity contribution in [2.75, 3.05) is 6.54 Å². The zero-order valence-electron chi connectivity index (χ0n) is 11.7. The Balaban J connectivity index is 2.18. The minimum absolute atomic E-state index is 0.215. The van der Waals surface area contributed by atoms with Gasteiger partial charge in [-0.25, -0.2) is 0 Å². The molecule has 1 atom stereocenters. The number of nitrogens with one attached hydrogen (secondary N) is 1. The van der Waals surface area contributed by atoms with Gasteiger partial charge in [0.25, 0.3) is 0 Å². The van der Waals surface area contributed by atoms with Crippen molar-refractivity contribution < 1.29 is 4.74 Å². The van der Waals surface area contributed by atoms with E-state index in [2.05, 4.69) is 41.9 Å². The molecule has 0 bridgehead atoms. The van der Waals surface area contributed by atoms with Gasteiger partial charge in [0.2, 0.25) is 0 Å². The Kier molecular flexibility index (Phi) is 5.00. The van der Waals surface area contributed by atoms with E-state index < -0.39 is 0 Å². The quantitative estimate of drug-likeness (QED) is 0.851.